The van der Waals surface area contributed by atoms with Crippen molar-refractivity contribution in [1.29, 1.82) is 0 Å². The van der Waals surface area contributed by atoms with Crippen molar-refractivity contribution in [1.82, 2.24) is 0 Å². The van der Waals surface area contributed by atoms with Gasteiger partial charge in [-0.3, -0.25) is 22.8 Å². The largest absolute Gasteiger partial charge is 0.381 e. The highest BCUT2D eigenvalue weighted by atomic mass is 31.2. The molecule has 0 aromatic heterocycles. The number of ether oxygens (including phenoxy) is 5. The topological polar surface area (TPSA) is 279 Å². The number of hydrogen-bond acceptors (Lipinski definition) is 15. The van der Waals surface area contributed by atoms with Gasteiger partial charge in [0, 0.05) is 33.0 Å². The molecule has 5 unspecified atom stereocenters. The molecule has 0 aliphatic heterocycles. The van der Waals surface area contributed by atoms with Gasteiger partial charge < -0.3 is 70.8 Å². The molecule has 0 amide bonds. The van der Waals surface area contributed by atoms with Gasteiger partial charge in [-0.25, -0.2) is 0 Å². The van der Waals surface area contributed by atoms with Crippen molar-refractivity contribution in [2.24, 2.45) is 10.8 Å². The first-order chi connectivity index (χ1) is 26.7. The second-order valence-electron chi connectivity index (χ2n) is 15.8. The molecule has 0 aromatic carbocycles. The Kier molecular flexibility index (Phi) is 30.9. The Morgan fingerprint density at radius 3 is 0.810 bits per heavy atom. The molecule has 0 fully saturated rings. The van der Waals surface area contributed by atoms with Crippen LogP contribution in [0.2, 0.25) is 0 Å². The van der Waals surface area contributed by atoms with Crippen LogP contribution >= 0.6 is 38.0 Å². The van der Waals surface area contributed by atoms with E-state index >= 15 is 0 Å². The highest BCUT2D eigenvalue weighted by Crippen LogP contribution is 2.47. The minimum Gasteiger partial charge on any atom is -0.381 e. The van der Waals surface area contributed by atoms with Crippen LogP contribution in [0.1, 0.15) is 73.6 Å². The first-order valence-corrected chi connectivity index (χ1v) is 28.3. The third-order valence-electron chi connectivity index (χ3n) is 6.91. The second kappa shape index (κ2) is 30.6. The first kappa shape index (κ1) is 58.6. The zero-order chi connectivity index (χ0) is 44.2. The maximum absolute atomic E-state index is 12.2. The molecule has 0 aliphatic carbocycles. The first-order valence-electron chi connectivity index (χ1n) is 19.4. The summed E-state index contributed by atoms with van der Waals surface area (Å²) in [5, 5.41) is 0. The van der Waals surface area contributed by atoms with Crippen molar-refractivity contribution in [2.45, 2.75) is 73.6 Å². The van der Waals surface area contributed by atoms with E-state index in [2.05, 4.69) is 0 Å². The summed E-state index contributed by atoms with van der Waals surface area (Å²) < 4.78 is 112. The van der Waals surface area contributed by atoms with Crippen molar-refractivity contribution in [2.75, 3.05) is 130 Å². The summed E-state index contributed by atoms with van der Waals surface area (Å²) in [6, 6.07) is 0. The van der Waals surface area contributed by atoms with E-state index < -0.39 is 38.0 Å². The van der Waals surface area contributed by atoms with Crippen molar-refractivity contribution in [3.63, 3.8) is 0 Å². The van der Waals surface area contributed by atoms with E-state index in [1.165, 1.54) is 0 Å². The summed E-state index contributed by atoms with van der Waals surface area (Å²) in [7, 11) is -19.2. The van der Waals surface area contributed by atoms with E-state index in [4.69, 9.17) is 46.3 Å². The van der Waals surface area contributed by atoms with Gasteiger partial charge in [0.25, 0.3) is 0 Å². The summed E-state index contributed by atoms with van der Waals surface area (Å²) in [6.45, 7) is 12.9. The second-order valence-corrected chi connectivity index (χ2v) is 25.6. The van der Waals surface area contributed by atoms with E-state index in [0.717, 1.165) is 0 Å². The van der Waals surface area contributed by atoms with Crippen LogP contribution in [0.4, 0.5) is 0 Å². The Morgan fingerprint density at radius 2 is 0.569 bits per heavy atom. The van der Waals surface area contributed by atoms with Crippen LogP contribution in [0.5, 0.6) is 0 Å². The Bertz CT molecular complexity index is 1310. The van der Waals surface area contributed by atoms with Crippen LogP contribution in [-0.2, 0) is 69.1 Å². The SMILES string of the molecule is CC(C)(C)COCCCOP(=O)(O)CCOCCCOP(=O)(O)CCOCCCOP(=O)(O)CCOCCCOP(=O)(O)CCOCCCOP(=O)(O)CC(C)(C)C. The summed E-state index contributed by atoms with van der Waals surface area (Å²) in [5.41, 5.74) is -0.310. The molecule has 5 N–H and O–H groups in total. The molecule has 0 rings (SSSR count). The van der Waals surface area contributed by atoms with Gasteiger partial charge in [-0.15, -0.1) is 0 Å². The maximum Gasteiger partial charge on any atom is 0.330 e. The average Bonchev–Trinajstić information content (AvgIpc) is 3.06. The molecular weight excluding hydrogens is 871 g/mol. The van der Waals surface area contributed by atoms with Gasteiger partial charge in [-0.2, -0.15) is 0 Å². The quantitative estimate of drug-likeness (QED) is 0.0343. The smallest absolute Gasteiger partial charge is 0.330 e. The van der Waals surface area contributed by atoms with Gasteiger partial charge in [0.1, 0.15) is 0 Å². The number of hydrogen-bond donors (Lipinski definition) is 5. The maximum atomic E-state index is 12.2. The highest BCUT2D eigenvalue weighted by Gasteiger charge is 2.27. The molecule has 0 saturated heterocycles. The van der Waals surface area contributed by atoms with E-state index in [9.17, 15) is 47.3 Å². The molecule has 0 spiro atoms. The lowest BCUT2D eigenvalue weighted by atomic mass is 9.99. The van der Waals surface area contributed by atoms with E-state index in [-0.39, 0.29) is 147 Å². The third kappa shape index (κ3) is 40.6. The highest BCUT2D eigenvalue weighted by molar-refractivity contribution is 7.53. The predicted octanol–water partition coefficient (Wildman–Crippen LogP) is 6.12. The fourth-order valence-corrected chi connectivity index (χ4v) is 9.57. The van der Waals surface area contributed by atoms with Gasteiger partial charge in [0.05, 0.1) is 96.9 Å². The molecule has 0 saturated carbocycles. The third-order valence-corrected chi connectivity index (χ3v) is 14.2. The van der Waals surface area contributed by atoms with Gasteiger partial charge in [-0.05, 0) is 42.9 Å². The molecule has 5 atom stereocenters. The summed E-state index contributed by atoms with van der Waals surface area (Å²) in [4.78, 5) is 49.6. The summed E-state index contributed by atoms with van der Waals surface area (Å²) in [6.07, 6.45) is 0.692. The Hall–Kier alpha value is 0.550. The lowest BCUT2D eigenvalue weighted by molar-refractivity contribution is 0.0623. The van der Waals surface area contributed by atoms with Crippen molar-refractivity contribution in [3.05, 3.63) is 0 Å². The minimum absolute atomic E-state index is 0.0194. The minimum atomic E-state index is -3.94. The fourth-order valence-electron chi connectivity index (χ4n) is 4.25. The van der Waals surface area contributed by atoms with E-state index in [0.29, 0.717) is 26.1 Å². The Labute approximate surface area is 345 Å². The zero-order valence-electron chi connectivity index (χ0n) is 35.3. The molecule has 350 valence electrons. The van der Waals surface area contributed by atoms with Crippen LogP contribution in [0.3, 0.4) is 0 Å². The van der Waals surface area contributed by atoms with Crippen LogP contribution < -0.4 is 0 Å². The van der Waals surface area contributed by atoms with Crippen LogP contribution in [0.25, 0.3) is 0 Å². The van der Waals surface area contributed by atoms with Gasteiger partial charge in [0.15, 0.2) is 0 Å². The molecule has 0 bridgehead atoms. The molecular formula is C33H73O20P5. The predicted molar refractivity (Wildman–Crippen MR) is 219 cm³/mol. The Balaban J connectivity index is 3.79. The van der Waals surface area contributed by atoms with Crippen molar-refractivity contribution in [3.8, 4) is 0 Å². The average molecular weight is 945 g/mol. The molecule has 25 heteroatoms. The van der Waals surface area contributed by atoms with E-state index in [1.54, 1.807) is 0 Å². The van der Waals surface area contributed by atoms with E-state index in [1.807, 2.05) is 41.5 Å². The molecule has 0 heterocycles. The summed E-state index contributed by atoms with van der Waals surface area (Å²) in [5.74, 6) is 0. The van der Waals surface area contributed by atoms with Gasteiger partial charge >= 0.3 is 38.0 Å². The van der Waals surface area contributed by atoms with Crippen molar-refractivity contribution < 1.29 is 93.6 Å². The molecule has 0 aliphatic rings. The molecule has 20 nitrogen and oxygen atoms in total. The zero-order valence-corrected chi connectivity index (χ0v) is 39.7. The standard InChI is InChI=1S/C33H73O20P5/c1-32(2,3)30-48-16-11-20-52-57(40,41)29-24-46-14-9-18-50-55(36,37)27-22-44-12-7-17-49-54(34,35)26-23-45-13-8-19-51-56(38,39)28-25-47-15-10-21-53-58(42,43)31-33(4,5)6/h7-31H2,1-6H3,(H,34,35)(H,36,37)(H,38,39)(H,40,41)(H,42,43). The Morgan fingerprint density at radius 1 is 0.328 bits per heavy atom. The monoisotopic (exact) mass is 944 g/mol. The van der Waals surface area contributed by atoms with Crippen molar-refractivity contribution >= 4 is 38.0 Å². The number of rotatable bonds is 39. The summed E-state index contributed by atoms with van der Waals surface area (Å²) >= 11 is 0. The van der Waals surface area contributed by atoms with Crippen LogP contribution in [-0.4, -0.2) is 154 Å². The molecule has 0 radical (unpaired) electrons. The van der Waals surface area contributed by atoms with Crippen LogP contribution in [0.15, 0.2) is 0 Å². The fraction of sp³-hybridized carbons (Fsp3) is 1.00. The molecule has 58 heavy (non-hydrogen) atoms. The lowest BCUT2D eigenvalue weighted by Gasteiger charge is -2.21. The normalized spacial score (nSPS) is 17.9. The van der Waals surface area contributed by atoms with Crippen LogP contribution in [0, 0.1) is 10.8 Å². The van der Waals surface area contributed by atoms with Gasteiger partial charge in [-0.1, -0.05) is 41.5 Å². The lowest BCUT2D eigenvalue weighted by Crippen LogP contribution is -2.15. The van der Waals surface area contributed by atoms with Gasteiger partial charge in [0.2, 0.25) is 0 Å². The molecule has 0 aromatic rings.